The van der Waals surface area contributed by atoms with Crippen molar-refractivity contribution in [2.45, 2.75) is 0 Å². The molecule has 11 heteroatoms. The van der Waals surface area contributed by atoms with Crippen LogP contribution in [0.2, 0.25) is 5.02 Å². The van der Waals surface area contributed by atoms with Crippen molar-refractivity contribution in [3.63, 3.8) is 0 Å². The van der Waals surface area contributed by atoms with E-state index < -0.39 is 11.5 Å². The average molecular weight is 550 g/mol. The molecule has 0 aliphatic carbocycles. The van der Waals surface area contributed by atoms with Gasteiger partial charge in [-0.15, -0.1) is 0 Å². The first-order chi connectivity index (χ1) is 18.9. The first kappa shape index (κ1) is 26.2. The van der Waals surface area contributed by atoms with Gasteiger partial charge in [-0.1, -0.05) is 29.8 Å². The number of aromatic nitrogens is 2. The van der Waals surface area contributed by atoms with Crippen LogP contribution in [-0.2, 0) is 4.79 Å². The number of carbonyl (C=O) groups is 2. The lowest BCUT2D eigenvalue weighted by Gasteiger charge is -2.36. The van der Waals surface area contributed by atoms with E-state index in [1.165, 1.54) is 25.3 Å². The number of piperazine rings is 1. The van der Waals surface area contributed by atoms with E-state index in [9.17, 15) is 18.8 Å². The highest BCUT2D eigenvalue weighted by Crippen LogP contribution is 2.26. The fourth-order valence-corrected chi connectivity index (χ4v) is 4.79. The highest BCUT2D eigenvalue weighted by atomic mass is 35.5. The number of rotatable bonds is 6. The summed E-state index contributed by atoms with van der Waals surface area (Å²) in [5.74, 6) is -0.683. The molecule has 5 rings (SSSR count). The number of hydrogen-bond donors (Lipinski definition) is 1. The minimum Gasteiger partial charge on any atom is -0.495 e. The van der Waals surface area contributed by atoms with Crippen molar-refractivity contribution in [3.05, 3.63) is 93.6 Å². The third-order valence-electron chi connectivity index (χ3n) is 6.62. The lowest BCUT2D eigenvalue weighted by molar-refractivity contribution is -0.130. The molecular weight excluding hydrogens is 525 g/mol. The van der Waals surface area contributed by atoms with Crippen LogP contribution < -0.4 is 20.5 Å². The van der Waals surface area contributed by atoms with Crippen molar-refractivity contribution >= 4 is 39.9 Å². The molecule has 0 spiro atoms. The lowest BCUT2D eigenvalue weighted by Crippen LogP contribution is -2.51. The molecule has 2 heterocycles. The summed E-state index contributed by atoms with van der Waals surface area (Å²) in [7, 11) is 1.48. The summed E-state index contributed by atoms with van der Waals surface area (Å²) in [5, 5.41) is 7.95. The van der Waals surface area contributed by atoms with Gasteiger partial charge < -0.3 is 19.9 Å². The number of amides is 2. The van der Waals surface area contributed by atoms with Crippen molar-refractivity contribution in [3.8, 4) is 11.4 Å². The molecule has 3 aromatic carbocycles. The fourth-order valence-electron chi connectivity index (χ4n) is 4.54. The molecular formula is C28H25ClFN5O4. The van der Waals surface area contributed by atoms with E-state index in [4.69, 9.17) is 16.3 Å². The summed E-state index contributed by atoms with van der Waals surface area (Å²) in [4.78, 5) is 43.0. The summed E-state index contributed by atoms with van der Waals surface area (Å²) in [6.07, 6.45) is 0. The van der Waals surface area contributed by atoms with Gasteiger partial charge in [0.05, 0.1) is 29.8 Å². The highest BCUT2D eigenvalue weighted by molar-refractivity contribution is 6.32. The zero-order valence-electron chi connectivity index (χ0n) is 21.1. The van der Waals surface area contributed by atoms with Crippen molar-refractivity contribution < 1.29 is 18.7 Å². The number of nitrogens with zero attached hydrogens (tertiary/aromatic N) is 4. The van der Waals surface area contributed by atoms with Crippen LogP contribution in [0.5, 0.6) is 5.75 Å². The normalized spacial score (nSPS) is 13.4. The molecule has 1 fully saturated rings. The van der Waals surface area contributed by atoms with Gasteiger partial charge in [0, 0.05) is 37.3 Å². The van der Waals surface area contributed by atoms with Crippen LogP contribution in [0.15, 0.2) is 71.5 Å². The molecule has 0 unspecified atom stereocenters. The molecule has 1 aromatic heterocycles. The maximum absolute atomic E-state index is 13.2. The highest BCUT2D eigenvalue weighted by Gasteiger charge is 2.23. The molecule has 4 aromatic rings. The van der Waals surface area contributed by atoms with Gasteiger partial charge in [-0.25, -0.2) is 4.39 Å². The van der Waals surface area contributed by atoms with E-state index in [-0.39, 0.29) is 29.0 Å². The second-order valence-corrected chi connectivity index (χ2v) is 9.36. The largest absolute Gasteiger partial charge is 0.495 e. The molecule has 39 heavy (non-hydrogen) atoms. The Morgan fingerprint density at radius 2 is 1.64 bits per heavy atom. The number of methoxy groups -OCH3 is 1. The van der Waals surface area contributed by atoms with Crippen molar-refractivity contribution in [2.75, 3.05) is 44.7 Å². The Balaban J connectivity index is 1.31. The summed E-state index contributed by atoms with van der Waals surface area (Å²) >= 11 is 6.25. The van der Waals surface area contributed by atoms with E-state index in [0.717, 1.165) is 10.4 Å². The maximum Gasteiger partial charge on any atom is 0.279 e. The predicted octanol–water partition coefficient (Wildman–Crippen LogP) is 3.27. The number of halogens is 2. The fraction of sp³-hybridized carbons (Fsp3) is 0.214. The molecule has 0 radical (unpaired) electrons. The third-order valence-corrected chi connectivity index (χ3v) is 6.92. The molecule has 1 N–H and O–H groups in total. The SMILES string of the molecule is COc1ccc(-n2nc(C(=O)NCC(=O)N3CCN(c4ccc(F)cc4)CC3)c3ccccc3c2=O)cc1Cl. The molecule has 200 valence electrons. The number of anilines is 1. The van der Waals surface area contributed by atoms with Gasteiger partial charge in [0.15, 0.2) is 5.69 Å². The topological polar surface area (TPSA) is 96.8 Å². The molecule has 1 saturated heterocycles. The Morgan fingerprint density at radius 1 is 0.974 bits per heavy atom. The lowest BCUT2D eigenvalue weighted by atomic mass is 10.1. The van der Waals surface area contributed by atoms with Gasteiger partial charge in [0.25, 0.3) is 11.5 Å². The van der Waals surface area contributed by atoms with E-state index in [0.29, 0.717) is 48.4 Å². The van der Waals surface area contributed by atoms with Crippen LogP contribution in [0.3, 0.4) is 0 Å². The zero-order chi connectivity index (χ0) is 27.5. The Hall–Kier alpha value is -4.44. The Morgan fingerprint density at radius 3 is 2.31 bits per heavy atom. The molecule has 0 saturated carbocycles. The Labute approximate surface area is 228 Å². The summed E-state index contributed by atoms with van der Waals surface area (Å²) < 4.78 is 19.5. The minimum absolute atomic E-state index is 0.00562. The maximum atomic E-state index is 13.2. The predicted molar refractivity (Wildman–Crippen MR) is 146 cm³/mol. The first-order valence-corrected chi connectivity index (χ1v) is 12.7. The number of fused-ring (bicyclic) bond motifs is 1. The van der Waals surface area contributed by atoms with Crippen LogP contribution >= 0.6 is 11.6 Å². The van der Waals surface area contributed by atoms with Gasteiger partial charge in [-0.2, -0.15) is 9.78 Å². The number of benzene rings is 3. The summed E-state index contributed by atoms with van der Waals surface area (Å²) in [6, 6.07) is 17.7. The monoisotopic (exact) mass is 549 g/mol. The number of hydrogen-bond acceptors (Lipinski definition) is 6. The number of ether oxygens (including phenoxy) is 1. The molecule has 0 atom stereocenters. The molecule has 1 aliphatic heterocycles. The minimum atomic E-state index is -0.585. The van der Waals surface area contributed by atoms with Gasteiger partial charge in [-0.05, 0) is 48.5 Å². The van der Waals surface area contributed by atoms with Gasteiger partial charge in [-0.3, -0.25) is 14.4 Å². The number of carbonyl (C=O) groups excluding carboxylic acids is 2. The van der Waals surface area contributed by atoms with E-state index >= 15 is 0 Å². The molecule has 0 bridgehead atoms. The number of nitrogens with one attached hydrogen (secondary N) is 1. The van der Waals surface area contributed by atoms with Crippen molar-refractivity contribution in [2.24, 2.45) is 0 Å². The Bertz CT molecular complexity index is 1600. The van der Waals surface area contributed by atoms with E-state index in [1.807, 2.05) is 0 Å². The second-order valence-electron chi connectivity index (χ2n) is 8.96. The van der Waals surface area contributed by atoms with Crippen LogP contribution in [0.1, 0.15) is 10.5 Å². The van der Waals surface area contributed by atoms with Gasteiger partial charge >= 0.3 is 0 Å². The van der Waals surface area contributed by atoms with Crippen LogP contribution in [-0.4, -0.2) is 66.3 Å². The van der Waals surface area contributed by atoms with Crippen LogP contribution in [0.25, 0.3) is 16.5 Å². The molecule has 1 aliphatic rings. The van der Waals surface area contributed by atoms with E-state index in [2.05, 4.69) is 15.3 Å². The third kappa shape index (κ3) is 5.42. The molecule has 2 amide bonds. The average Bonchev–Trinajstić information content (AvgIpc) is 2.96. The standard InChI is InChI=1S/C28H25ClFN5O4/c1-39-24-11-10-20(16-23(24)29)35-28(38)22-5-3-2-4-21(22)26(32-35)27(37)31-17-25(36)34-14-12-33(13-15-34)19-8-6-18(30)7-9-19/h2-11,16H,12-15,17H2,1H3,(H,31,37). The van der Waals surface area contributed by atoms with E-state index in [1.54, 1.807) is 53.4 Å². The zero-order valence-corrected chi connectivity index (χ0v) is 21.8. The van der Waals surface area contributed by atoms with Crippen LogP contribution in [0.4, 0.5) is 10.1 Å². The van der Waals surface area contributed by atoms with Crippen molar-refractivity contribution in [1.82, 2.24) is 20.0 Å². The summed E-state index contributed by atoms with van der Waals surface area (Å²) in [5.41, 5.74) is 0.841. The van der Waals surface area contributed by atoms with Gasteiger partial charge in [0.1, 0.15) is 11.6 Å². The second kappa shape index (κ2) is 11.1. The quantitative estimate of drug-likeness (QED) is 0.396. The van der Waals surface area contributed by atoms with Gasteiger partial charge in [0.2, 0.25) is 5.91 Å². The smallest absolute Gasteiger partial charge is 0.279 e. The van der Waals surface area contributed by atoms with Crippen LogP contribution in [0, 0.1) is 5.82 Å². The summed E-state index contributed by atoms with van der Waals surface area (Å²) in [6.45, 7) is 1.89. The first-order valence-electron chi connectivity index (χ1n) is 12.3. The Kier molecular flexibility index (Phi) is 7.47. The van der Waals surface area contributed by atoms with Crippen molar-refractivity contribution in [1.29, 1.82) is 0 Å². The molecule has 9 nitrogen and oxygen atoms in total.